The summed E-state index contributed by atoms with van der Waals surface area (Å²) in [5, 5.41) is 8.93. The van der Waals surface area contributed by atoms with Crippen molar-refractivity contribution in [2.24, 2.45) is 0 Å². The second-order valence-electron chi connectivity index (χ2n) is 6.29. The Morgan fingerprint density at radius 1 is 1.36 bits per heavy atom. The van der Waals surface area contributed by atoms with E-state index in [0.717, 1.165) is 25.3 Å². The monoisotopic (exact) mass is 304 g/mol. The number of rotatable bonds is 3. The van der Waals surface area contributed by atoms with Crippen LogP contribution in [0.25, 0.3) is 0 Å². The Hall–Kier alpha value is -1.59. The van der Waals surface area contributed by atoms with Crippen LogP contribution in [0.5, 0.6) is 5.75 Å². The van der Waals surface area contributed by atoms with Crippen LogP contribution >= 0.6 is 0 Å². The summed E-state index contributed by atoms with van der Waals surface area (Å²) in [6.07, 6.45) is 1.13. The van der Waals surface area contributed by atoms with Crippen molar-refractivity contribution in [1.82, 2.24) is 9.80 Å². The standard InChI is InChI=1S/C17H24N2O3/c1-12-3-4-15-14(9-12)10-16(22-15)13(2)18-5-7-19(8-6-18)17(21)11-20/h3-4,9,13,16,20H,5-8,10-11H2,1-2H3. The second-order valence-corrected chi connectivity index (χ2v) is 6.29. The van der Waals surface area contributed by atoms with E-state index in [1.165, 1.54) is 11.1 Å². The molecule has 1 aromatic rings. The van der Waals surface area contributed by atoms with Gasteiger partial charge in [0.2, 0.25) is 5.91 Å². The molecular weight excluding hydrogens is 280 g/mol. The minimum atomic E-state index is -0.393. The van der Waals surface area contributed by atoms with Gasteiger partial charge in [0.1, 0.15) is 18.5 Å². The van der Waals surface area contributed by atoms with Gasteiger partial charge in [-0.05, 0) is 25.5 Å². The molecular formula is C17H24N2O3. The van der Waals surface area contributed by atoms with E-state index in [9.17, 15) is 4.79 Å². The van der Waals surface area contributed by atoms with Crippen molar-refractivity contribution < 1.29 is 14.6 Å². The normalized spacial score (nSPS) is 23.0. The number of aryl methyl sites for hydroxylation is 1. The van der Waals surface area contributed by atoms with Crippen molar-refractivity contribution in [3.63, 3.8) is 0 Å². The van der Waals surface area contributed by atoms with Crippen LogP contribution in [0.2, 0.25) is 0 Å². The molecule has 2 aliphatic rings. The maximum atomic E-state index is 11.5. The summed E-state index contributed by atoms with van der Waals surface area (Å²) in [7, 11) is 0. The third-order valence-electron chi connectivity index (χ3n) is 4.83. The van der Waals surface area contributed by atoms with Gasteiger partial charge in [0, 0.05) is 38.6 Å². The van der Waals surface area contributed by atoms with Crippen molar-refractivity contribution in [2.45, 2.75) is 32.4 Å². The highest BCUT2D eigenvalue weighted by atomic mass is 16.5. The van der Waals surface area contributed by atoms with E-state index >= 15 is 0 Å². The van der Waals surface area contributed by atoms with Gasteiger partial charge in [0.25, 0.3) is 0 Å². The Kier molecular flexibility index (Phi) is 4.36. The minimum Gasteiger partial charge on any atom is -0.488 e. The molecule has 120 valence electrons. The van der Waals surface area contributed by atoms with Crippen LogP contribution in [0.15, 0.2) is 18.2 Å². The highest BCUT2D eigenvalue weighted by molar-refractivity contribution is 5.77. The molecule has 0 aromatic heterocycles. The lowest BCUT2D eigenvalue weighted by molar-refractivity contribution is -0.136. The predicted octanol–water partition coefficient (Wildman–Crippen LogP) is 0.824. The number of carbonyl (C=O) groups excluding carboxylic acids is 1. The van der Waals surface area contributed by atoms with Gasteiger partial charge >= 0.3 is 0 Å². The molecule has 0 radical (unpaired) electrons. The van der Waals surface area contributed by atoms with E-state index in [0.29, 0.717) is 19.1 Å². The lowest BCUT2D eigenvalue weighted by atomic mass is 10.0. The fourth-order valence-corrected chi connectivity index (χ4v) is 3.39. The van der Waals surface area contributed by atoms with E-state index in [1.54, 1.807) is 4.90 Å². The number of nitrogens with zero attached hydrogens (tertiary/aromatic N) is 2. The summed E-state index contributed by atoms with van der Waals surface area (Å²) in [6.45, 7) is 6.95. The Labute approximate surface area is 131 Å². The molecule has 1 aromatic carbocycles. The van der Waals surface area contributed by atoms with Gasteiger partial charge in [-0.1, -0.05) is 17.7 Å². The molecule has 0 aliphatic carbocycles. The van der Waals surface area contributed by atoms with E-state index in [1.807, 2.05) is 0 Å². The average Bonchev–Trinajstić information content (AvgIpc) is 2.96. The first-order valence-corrected chi connectivity index (χ1v) is 7.97. The third-order valence-corrected chi connectivity index (χ3v) is 4.83. The van der Waals surface area contributed by atoms with Crippen LogP contribution in [0.1, 0.15) is 18.1 Å². The maximum absolute atomic E-state index is 11.5. The first-order chi connectivity index (χ1) is 10.6. The molecule has 0 bridgehead atoms. The van der Waals surface area contributed by atoms with Gasteiger partial charge in [-0.2, -0.15) is 0 Å². The van der Waals surface area contributed by atoms with Crippen molar-refractivity contribution in [3.05, 3.63) is 29.3 Å². The van der Waals surface area contributed by atoms with E-state index in [-0.39, 0.29) is 12.0 Å². The number of aliphatic hydroxyl groups excluding tert-OH is 1. The van der Waals surface area contributed by atoms with Crippen LogP contribution in [-0.2, 0) is 11.2 Å². The summed E-state index contributed by atoms with van der Waals surface area (Å²) in [5.74, 6) is 0.837. The lowest BCUT2D eigenvalue weighted by Gasteiger charge is -2.39. The number of hydrogen-bond donors (Lipinski definition) is 1. The molecule has 1 N–H and O–H groups in total. The molecule has 5 heteroatoms. The Balaban J connectivity index is 1.58. The van der Waals surface area contributed by atoms with Gasteiger partial charge in [-0.15, -0.1) is 0 Å². The summed E-state index contributed by atoms with van der Waals surface area (Å²) in [5.41, 5.74) is 2.57. The van der Waals surface area contributed by atoms with Crippen molar-refractivity contribution in [3.8, 4) is 5.75 Å². The first-order valence-electron chi connectivity index (χ1n) is 7.97. The number of amides is 1. The molecule has 22 heavy (non-hydrogen) atoms. The van der Waals surface area contributed by atoms with Crippen LogP contribution in [0, 0.1) is 6.92 Å². The third kappa shape index (κ3) is 2.96. The molecule has 0 saturated carbocycles. The highest BCUT2D eigenvalue weighted by Crippen LogP contribution is 2.32. The number of piperazine rings is 1. The van der Waals surface area contributed by atoms with Crippen LogP contribution in [-0.4, -0.2) is 65.7 Å². The quantitative estimate of drug-likeness (QED) is 0.898. The van der Waals surface area contributed by atoms with Gasteiger partial charge in [-0.25, -0.2) is 0 Å². The fourth-order valence-electron chi connectivity index (χ4n) is 3.39. The van der Waals surface area contributed by atoms with Crippen molar-refractivity contribution >= 4 is 5.91 Å². The Bertz CT molecular complexity index is 553. The predicted molar refractivity (Wildman–Crippen MR) is 84.0 cm³/mol. The highest BCUT2D eigenvalue weighted by Gasteiger charge is 2.33. The van der Waals surface area contributed by atoms with Gasteiger partial charge in [0.15, 0.2) is 0 Å². The fraction of sp³-hybridized carbons (Fsp3) is 0.588. The molecule has 1 fully saturated rings. The zero-order chi connectivity index (χ0) is 15.7. The summed E-state index contributed by atoms with van der Waals surface area (Å²) < 4.78 is 6.11. The largest absolute Gasteiger partial charge is 0.488 e. The first kappa shape index (κ1) is 15.3. The van der Waals surface area contributed by atoms with Crippen LogP contribution < -0.4 is 4.74 Å². The smallest absolute Gasteiger partial charge is 0.248 e. The van der Waals surface area contributed by atoms with Crippen LogP contribution in [0.4, 0.5) is 0 Å². The van der Waals surface area contributed by atoms with Crippen LogP contribution in [0.3, 0.4) is 0 Å². The maximum Gasteiger partial charge on any atom is 0.248 e. The molecule has 5 nitrogen and oxygen atoms in total. The average molecular weight is 304 g/mol. The number of hydrogen-bond acceptors (Lipinski definition) is 4. The van der Waals surface area contributed by atoms with Gasteiger partial charge in [0.05, 0.1) is 0 Å². The zero-order valence-corrected chi connectivity index (χ0v) is 13.3. The Morgan fingerprint density at radius 3 is 2.77 bits per heavy atom. The molecule has 0 spiro atoms. The molecule has 2 heterocycles. The molecule has 2 unspecified atom stereocenters. The van der Waals surface area contributed by atoms with Gasteiger partial charge in [-0.3, -0.25) is 9.69 Å². The number of aliphatic hydroxyl groups is 1. The van der Waals surface area contributed by atoms with Gasteiger partial charge < -0.3 is 14.7 Å². The number of ether oxygens (including phenoxy) is 1. The molecule has 2 atom stereocenters. The number of fused-ring (bicyclic) bond motifs is 1. The molecule has 1 amide bonds. The lowest BCUT2D eigenvalue weighted by Crippen LogP contribution is -2.55. The Morgan fingerprint density at radius 2 is 2.09 bits per heavy atom. The molecule has 1 saturated heterocycles. The number of benzene rings is 1. The van der Waals surface area contributed by atoms with E-state index < -0.39 is 6.61 Å². The van der Waals surface area contributed by atoms with Crippen molar-refractivity contribution in [2.75, 3.05) is 32.8 Å². The second kappa shape index (κ2) is 6.26. The summed E-state index contributed by atoms with van der Waals surface area (Å²) in [4.78, 5) is 15.6. The SMILES string of the molecule is Cc1ccc2c(c1)CC(C(C)N1CCN(C(=O)CO)CC1)O2. The van der Waals surface area contributed by atoms with E-state index in [4.69, 9.17) is 9.84 Å². The van der Waals surface area contributed by atoms with Crippen molar-refractivity contribution in [1.29, 1.82) is 0 Å². The minimum absolute atomic E-state index is 0.174. The number of carbonyl (C=O) groups is 1. The molecule has 3 rings (SSSR count). The van der Waals surface area contributed by atoms with E-state index in [2.05, 4.69) is 36.9 Å². The summed E-state index contributed by atoms with van der Waals surface area (Å²) in [6, 6.07) is 6.68. The molecule has 2 aliphatic heterocycles. The topological polar surface area (TPSA) is 53.0 Å². The summed E-state index contributed by atoms with van der Waals surface area (Å²) >= 11 is 0. The zero-order valence-electron chi connectivity index (χ0n) is 13.3.